The second kappa shape index (κ2) is 5.76. The Bertz CT molecular complexity index is 827. The van der Waals surface area contributed by atoms with Gasteiger partial charge in [0.2, 0.25) is 0 Å². The van der Waals surface area contributed by atoms with Crippen molar-refractivity contribution in [2.24, 2.45) is 7.05 Å². The molecule has 0 aromatic carbocycles. The predicted molar refractivity (Wildman–Crippen MR) is 82.2 cm³/mol. The number of imidazole rings is 1. The van der Waals surface area contributed by atoms with Crippen LogP contribution in [-0.2, 0) is 7.05 Å². The third kappa shape index (κ3) is 2.85. The number of hydrogen-bond donors (Lipinski definition) is 2. The lowest BCUT2D eigenvalue weighted by Crippen LogP contribution is -2.28. The summed E-state index contributed by atoms with van der Waals surface area (Å²) >= 11 is 0. The predicted octanol–water partition coefficient (Wildman–Crippen LogP) is 1.57. The van der Waals surface area contributed by atoms with Crippen LogP contribution in [0.25, 0.3) is 22.6 Å². The topological polar surface area (TPSA) is 97.6 Å². The standard InChI is InChI=1S/C14H15N7O/c1-3-15-14(22)20-12-5-4-9-13(19-12)18-10(6-16-9)11-7-21(2)8-17-11/h4-8H,3H2,1-2H3,(H2,15,18,19,20,22). The number of amides is 2. The van der Waals surface area contributed by atoms with Crippen molar-refractivity contribution in [3.8, 4) is 11.4 Å². The average molecular weight is 297 g/mol. The number of aromatic nitrogens is 5. The smallest absolute Gasteiger partial charge is 0.320 e. The van der Waals surface area contributed by atoms with Gasteiger partial charge in [-0.2, -0.15) is 0 Å². The largest absolute Gasteiger partial charge is 0.340 e. The summed E-state index contributed by atoms with van der Waals surface area (Å²) < 4.78 is 1.84. The van der Waals surface area contributed by atoms with Gasteiger partial charge in [0, 0.05) is 19.8 Å². The Morgan fingerprint density at radius 1 is 1.23 bits per heavy atom. The molecule has 112 valence electrons. The fraction of sp³-hybridized carbons (Fsp3) is 0.214. The van der Waals surface area contributed by atoms with Gasteiger partial charge >= 0.3 is 6.03 Å². The minimum absolute atomic E-state index is 0.303. The highest BCUT2D eigenvalue weighted by Crippen LogP contribution is 2.17. The number of urea groups is 1. The van der Waals surface area contributed by atoms with Crippen LogP contribution in [0.2, 0.25) is 0 Å². The summed E-state index contributed by atoms with van der Waals surface area (Å²) in [7, 11) is 1.89. The van der Waals surface area contributed by atoms with Gasteiger partial charge in [-0.15, -0.1) is 0 Å². The maximum Gasteiger partial charge on any atom is 0.320 e. The molecule has 3 heterocycles. The number of hydrogen-bond acceptors (Lipinski definition) is 5. The molecule has 2 N–H and O–H groups in total. The SMILES string of the molecule is CCNC(=O)Nc1ccc2ncc(-c3cn(C)cn3)nc2n1. The molecule has 0 spiro atoms. The van der Waals surface area contributed by atoms with Crippen LogP contribution in [0.4, 0.5) is 10.6 Å². The number of carbonyl (C=O) groups excluding carboxylic acids is 1. The molecular weight excluding hydrogens is 282 g/mol. The van der Waals surface area contributed by atoms with Gasteiger partial charge in [-0.05, 0) is 19.1 Å². The Morgan fingerprint density at radius 3 is 2.82 bits per heavy atom. The molecule has 8 nitrogen and oxygen atoms in total. The van der Waals surface area contributed by atoms with Gasteiger partial charge in [0.05, 0.1) is 12.5 Å². The van der Waals surface area contributed by atoms with Crippen molar-refractivity contribution in [3.63, 3.8) is 0 Å². The highest BCUT2D eigenvalue weighted by atomic mass is 16.2. The molecule has 2 amide bonds. The lowest BCUT2D eigenvalue weighted by Gasteiger charge is -2.06. The summed E-state index contributed by atoms with van der Waals surface area (Å²) in [6, 6.07) is 3.15. The minimum atomic E-state index is -0.303. The second-order valence-corrected chi connectivity index (χ2v) is 4.70. The van der Waals surface area contributed by atoms with E-state index in [2.05, 4.69) is 30.6 Å². The fourth-order valence-electron chi connectivity index (χ4n) is 1.96. The third-order valence-electron chi connectivity index (χ3n) is 2.95. The van der Waals surface area contributed by atoms with Crippen LogP contribution < -0.4 is 10.6 Å². The molecule has 0 atom stereocenters. The molecule has 0 saturated heterocycles. The fourth-order valence-corrected chi connectivity index (χ4v) is 1.96. The molecule has 0 unspecified atom stereocenters. The zero-order valence-corrected chi connectivity index (χ0v) is 12.2. The quantitative estimate of drug-likeness (QED) is 0.764. The second-order valence-electron chi connectivity index (χ2n) is 4.70. The highest BCUT2D eigenvalue weighted by molar-refractivity contribution is 5.89. The van der Waals surface area contributed by atoms with E-state index in [0.29, 0.717) is 29.2 Å². The van der Waals surface area contributed by atoms with Gasteiger partial charge in [-0.1, -0.05) is 0 Å². The monoisotopic (exact) mass is 297 g/mol. The third-order valence-corrected chi connectivity index (χ3v) is 2.95. The molecule has 3 aromatic rings. The summed E-state index contributed by atoms with van der Waals surface area (Å²) in [5, 5.41) is 5.29. The number of nitrogens with one attached hydrogen (secondary N) is 2. The van der Waals surface area contributed by atoms with Gasteiger partial charge in [-0.3, -0.25) is 10.3 Å². The van der Waals surface area contributed by atoms with Gasteiger partial charge in [0.15, 0.2) is 5.65 Å². The van der Waals surface area contributed by atoms with Crippen LogP contribution in [0.1, 0.15) is 6.92 Å². The lowest BCUT2D eigenvalue weighted by molar-refractivity contribution is 0.252. The van der Waals surface area contributed by atoms with Crippen molar-refractivity contribution in [1.29, 1.82) is 0 Å². The number of anilines is 1. The van der Waals surface area contributed by atoms with Crippen LogP contribution in [0.3, 0.4) is 0 Å². The maximum absolute atomic E-state index is 11.5. The number of aryl methyl sites for hydroxylation is 1. The first-order chi connectivity index (χ1) is 10.7. The first kappa shape index (κ1) is 13.9. The molecule has 0 bridgehead atoms. The van der Waals surface area contributed by atoms with E-state index in [0.717, 1.165) is 5.69 Å². The first-order valence-corrected chi connectivity index (χ1v) is 6.82. The van der Waals surface area contributed by atoms with Crippen molar-refractivity contribution in [2.45, 2.75) is 6.92 Å². The zero-order valence-electron chi connectivity index (χ0n) is 12.2. The van der Waals surface area contributed by atoms with Gasteiger partial charge < -0.3 is 9.88 Å². The number of fused-ring (bicyclic) bond motifs is 1. The van der Waals surface area contributed by atoms with Crippen molar-refractivity contribution in [2.75, 3.05) is 11.9 Å². The molecule has 8 heteroatoms. The number of carbonyl (C=O) groups is 1. The number of pyridine rings is 1. The van der Waals surface area contributed by atoms with E-state index in [1.807, 2.05) is 24.7 Å². The molecule has 0 aliphatic carbocycles. The van der Waals surface area contributed by atoms with E-state index < -0.39 is 0 Å². The van der Waals surface area contributed by atoms with Crippen LogP contribution in [0.5, 0.6) is 0 Å². The first-order valence-electron chi connectivity index (χ1n) is 6.82. The van der Waals surface area contributed by atoms with Crippen molar-refractivity contribution in [1.82, 2.24) is 29.8 Å². The Balaban J connectivity index is 1.94. The molecule has 3 aromatic heterocycles. The molecular formula is C14H15N7O. The molecule has 22 heavy (non-hydrogen) atoms. The number of nitrogens with zero attached hydrogens (tertiary/aromatic N) is 5. The van der Waals surface area contributed by atoms with E-state index in [1.165, 1.54) is 0 Å². The maximum atomic E-state index is 11.5. The molecule has 3 rings (SSSR count). The van der Waals surface area contributed by atoms with Crippen LogP contribution in [-0.4, -0.2) is 37.1 Å². The lowest BCUT2D eigenvalue weighted by atomic mass is 10.3. The summed E-state index contributed by atoms with van der Waals surface area (Å²) in [5.41, 5.74) is 2.47. The normalized spacial score (nSPS) is 10.6. The van der Waals surface area contributed by atoms with Crippen molar-refractivity contribution < 1.29 is 4.79 Å². The van der Waals surface area contributed by atoms with E-state index in [1.54, 1.807) is 24.7 Å². The molecule has 0 aliphatic rings. The summed E-state index contributed by atoms with van der Waals surface area (Å²) in [6.07, 6.45) is 5.21. The Labute approximate surface area is 126 Å². The average Bonchev–Trinajstić information content (AvgIpc) is 2.93. The van der Waals surface area contributed by atoms with Gasteiger partial charge in [0.1, 0.15) is 22.7 Å². The highest BCUT2D eigenvalue weighted by Gasteiger charge is 2.08. The Hall–Kier alpha value is -3.03. The summed E-state index contributed by atoms with van der Waals surface area (Å²) in [6.45, 7) is 2.39. The number of rotatable bonds is 3. The van der Waals surface area contributed by atoms with E-state index in [-0.39, 0.29) is 6.03 Å². The molecule has 0 saturated carbocycles. The minimum Gasteiger partial charge on any atom is -0.340 e. The van der Waals surface area contributed by atoms with Crippen LogP contribution in [0.15, 0.2) is 30.9 Å². The molecule has 0 radical (unpaired) electrons. The van der Waals surface area contributed by atoms with Crippen molar-refractivity contribution in [3.05, 3.63) is 30.9 Å². The Morgan fingerprint density at radius 2 is 2.09 bits per heavy atom. The van der Waals surface area contributed by atoms with Gasteiger partial charge in [0.25, 0.3) is 0 Å². The summed E-state index contributed by atoms with van der Waals surface area (Å²) in [4.78, 5) is 28.9. The Kier molecular flexibility index (Phi) is 3.65. The molecule has 0 fully saturated rings. The van der Waals surface area contributed by atoms with E-state index in [4.69, 9.17) is 0 Å². The van der Waals surface area contributed by atoms with Crippen LogP contribution >= 0.6 is 0 Å². The zero-order chi connectivity index (χ0) is 15.5. The van der Waals surface area contributed by atoms with Crippen LogP contribution in [0, 0.1) is 0 Å². The van der Waals surface area contributed by atoms with Gasteiger partial charge in [-0.25, -0.2) is 19.7 Å². The molecule has 0 aliphatic heterocycles. The summed E-state index contributed by atoms with van der Waals surface area (Å²) in [5.74, 6) is 0.422. The van der Waals surface area contributed by atoms with Crippen molar-refractivity contribution >= 4 is 23.0 Å². The van der Waals surface area contributed by atoms with E-state index in [9.17, 15) is 4.79 Å². The van der Waals surface area contributed by atoms with E-state index >= 15 is 0 Å².